The van der Waals surface area contributed by atoms with Gasteiger partial charge in [-0.25, -0.2) is 4.98 Å². The van der Waals surface area contributed by atoms with Crippen molar-refractivity contribution < 1.29 is 0 Å². The van der Waals surface area contributed by atoms with Gasteiger partial charge in [0.1, 0.15) is 10.6 Å². The van der Waals surface area contributed by atoms with E-state index in [-0.39, 0.29) is 0 Å². The van der Waals surface area contributed by atoms with Gasteiger partial charge in [-0.2, -0.15) is 4.98 Å². The van der Waals surface area contributed by atoms with Gasteiger partial charge in [-0.05, 0) is 50.5 Å². The Bertz CT molecular complexity index is 676. The first-order chi connectivity index (χ1) is 10.2. The van der Waals surface area contributed by atoms with Crippen LogP contribution in [0.2, 0.25) is 0 Å². The summed E-state index contributed by atoms with van der Waals surface area (Å²) in [5, 5.41) is 4.92. The van der Waals surface area contributed by atoms with Crippen molar-refractivity contribution in [3.05, 3.63) is 10.4 Å². The predicted molar refractivity (Wildman–Crippen MR) is 97.5 cm³/mol. The molecule has 0 aromatic carbocycles. The SMILES string of the molecule is Nc1nc(N[C@H]2CC[C@@H](I)CC2)c2c3c(sc2n1)CCC3. The van der Waals surface area contributed by atoms with Crippen molar-refractivity contribution in [3.63, 3.8) is 0 Å². The Balaban J connectivity index is 1.70. The highest BCUT2D eigenvalue weighted by molar-refractivity contribution is 14.1. The molecule has 2 aliphatic carbocycles. The number of nitrogens with zero attached hydrogens (tertiary/aromatic N) is 2. The number of anilines is 2. The number of rotatable bonds is 2. The lowest BCUT2D eigenvalue weighted by molar-refractivity contribution is 0.482. The van der Waals surface area contributed by atoms with E-state index < -0.39 is 0 Å². The molecular formula is C15H19IN4S. The molecular weight excluding hydrogens is 395 g/mol. The second-order valence-electron chi connectivity index (χ2n) is 6.06. The third kappa shape index (κ3) is 2.60. The maximum absolute atomic E-state index is 5.91. The fraction of sp³-hybridized carbons (Fsp3) is 0.600. The normalized spacial score (nSPS) is 25.2. The molecule has 3 N–H and O–H groups in total. The highest BCUT2D eigenvalue weighted by Crippen LogP contribution is 2.40. The van der Waals surface area contributed by atoms with Gasteiger partial charge >= 0.3 is 0 Å². The average Bonchev–Trinajstić information content (AvgIpc) is 3.01. The molecule has 112 valence electrons. The average molecular weight is 414 g/mol. The molecule has 0 bridgehead atoms. The molecule has 0 spiro atoms. The number of nitrogens with two attached hydrogens (primary N) is 1. The second kappa shape index (κ2) is 5.53. The molecule has 2 aromatic rings. The second-order valence-corrected chi connectivity index (χ2v) is 8.91. The van der Waals surface area contributed by atoms with Crippen LogP contribution in [0.4, 0.5) is 11.8 Å². The Morgan fingerprint density at radius 3 is 2.76 bits per heavy atom. The standard InChI is InChI=1S/C15H19IN4S/c16-8-4-6-9(7-5-8)18-13-12-10-2-1-3-11(10)21-14(12)20-15(17)19-13/h8-9H,1-7H2,(H3,17,18,19,20)/t8-,9+. The maximum atomic E-state index is 5.91. The van der Waals surface area contributed by atoms with E-state index in [4.69, 9.17) is 5.73 Å². The summed E-state index contributed by atoms with van der Waals surface area (Å²) in [4.78, 5) is 11.5. The minimum absolute atomic E-state index is 0.396. The van der Waals surface area contributed by atoms with Crippen molar-refractivity contribution in [1.29, 1.82) is 0 Å². The van der Waals surface area contributed by atoms with Crippen molar-refractivity contribution in [2.75, 3.05) is 11.1 Å². The van der Waals surface area contributed by atoms with Crippen molar-refractivity contribution in [1.82, 2.24) is 9.97 Å². The van der Waals surface area contributed by atoms with Crippen LogP contribution in [0, 0.1) is 0 Å². The van der Waals surface area contributed by atoms with Crippen molar-refractivity contribution in [2.45, 2.75) is 54.9 Å². The van der Waals surface area contributed by atoms with Crippen LogP contribution in [0.25, 0.3) is 10.2 Å². The summed E-state index contributed by atoms with van der Waals surface area (Å²) in [5.74, 6) is 1.38. The highest BCUT2D eigenvalue weighted by Gasteiger charge is 2.24. The fourth-order valence-corrected chi connectivity index (χ4v) is 5.49. The quantitative estimate of drug-likeness (QED) is 0.578. The van der Waals surface area contributed by atoms with Crippen molar-refractivity contribution in [3.8, 4) is 0 Å². The van der Waals surface area contributed by atoms with Crippen LogP contribution >= 0.6 is 33.9 Å². The van der Waals surface area contributed by atoms with E-state index in [0.29, 0.717) is 12.0 Å². The molecule has 0 radical (unpaired) electrons. The predicted octanol–water partition coefficient (Wildman–Crippen LogP) is 3.92. The topological polar surface area (TPSA) is 63.8 Å². The van der Waals surface area contributed by atoms with Crippen LogP contribution in [0.5, 0.6) is 0 Å². The first kappa shape index (κ1) is 14.0. The van der Waals surface area contributed by atoms with E-state index in [1.807, 2.05) is 0 Å². The van der Waals surface area contributed by atoms with Gasteiger partial charge in [-0.3, -0.25) is 0 Å². The minimum atomic E-state index is 0.396. The first-order valence-corrected chi connectivity index (χ1v) is 9.75. The Hall–Kier alpha value is -0.630. The van der Waals surface area contributed by atoms with Gasteiger partial charge in [-0.1, -0.05) is 22.6 Å². The van der Waals surface area contributed by atoms with Crippen molar-refractivity contribution in [2.24, 2.45) is 0 Å². The third-order valence-electron chi connectivity index (χ3n) is 4.58. The van der Waals surface area contributed by atoms with Crippen LogP contribution in [0.3, 0.4) is 0 Å². The Labute approximate surface area is 142 Å². The molecule has 21 heavy (non-hydrogen) atoms. The summed E-state index contributed by atoms with van der Waals surface area (Å²) in [6.45, 7) is 0. The van der Waals surface area contributed by atoms with Gasteiger partial charge in [0.2, 0.25) is 5.95 Å². The number of nitrogen functional groups attached to an aromatic ring is 1. The highest BCUT2D eigenvalue weighted by atomic mass is 127. The van der Waals surface area contributed by atoms with E-state index in [1.54, 1.807) is 11.3 Å². The molecule has 0 atom stereocenters. The molecule has 0 saturated heterocycles. The van der Waals surface area contributed by atoms with Crippen LogP contribution in [0.1, 0.15) is 42.5 Å². The van der Waals surface area contributed by atoms with E-state index in [9.17, 15) is 0 Å². The number of halogens is 1. The zero-order chi connectivity index (χ0) is 14.4. The van der Waals surface area contributed by atoms with Crippen LogP contribution in [-0.2, 0) is 12.8 Å². The van der Waals surface area contributed by atoms with Gasteiger partial charge in [0.25, 0.3) is 0 Å². The molecule has 0 unspecified atom stereocenters. The molecule has 2 aromatic heterocycles. The monoisotopic (exact) mass is 414 g/mol. The molecule has 4 rings (SSSR count). The molecule has 2 aliphatic rings. The lowest BCUT2D eigenvalue weighted by Crippen LogP contribution is -2.26. The van der Waals surface area contributed by atoms with Gasteiger partial charge in [0.05, 0.1) is 5.39 Å². The molecule has 1 fully saturated rings. The number of alkyl halides is 1. The smallest absolute Gasteiger partial charge is 0.223 e. The number of fused-ring (bicyclic) bond motifs is 3. The molecule has 6 heteroatoms. The Morgan fingerprint density at radius 1 is 1.14 bits per heavy atom. The number of nitrogens with one attached hydrogen (secondary N) is 1. The zero-order valence-corrected chi connectivity index (χ0v) is 14.8. The van der Waals surface area contributed by atoms with Crippen LogP contribution in [-0.4, -0.2) is 19.9 Å². The van der Waals surface area contributed by atoms with E-state index >= 15 is 0 Å². The Morgan fingerprint density at radius 2 is 1.95 bits per heavy atom. The van der Waals surface area contributed by atoms with Gasteiger partial charge in [0.15, 0.2) is 0 Å². The first-order valence-electron chi connectivity index (χ1n) is 7.69. The van der Waals surface area contributed by atoms with E-state index in [0.717, 1.165) is 21.0 Å². The number of aromatic nitrogens is 2. The van der Waals surface area contributed by atoms with Crippen LogP contribution < -0.4 is 11.1 Å². The largest absolute Gasteiger partial charge is 0.368 e. The van der Waals surface area contributed by atoms with Gasteiger partial charge < -0.3 is 11.1 Å². The minimum Gasteiger partial charge on any atom is -0.368 e. The summed E-state index contributed by atoms with van der Waals surface area (Å²) in [6, 6.07) is 0.533. The Kier molecular flexibility index (Phi) is 3.69. The van der Waals surface area contributed by atoms with Gasteiger partial charge in [0, 0.05) is 14.8 Å². The number of hydrogen-bond acceptors (Lipinski definition) is 5. The fourth-order valence-electron chi connectivity index (χ4n) is 3.51. The summed E-state index contributed by atoms with van der Waals surface area (Å²) in [5.41, 5.74) is 7.39. The molecule has 4 nitrogen and oxygen atoms in total. The summed E-state index contributed by atoms with van der Waals surface area (Å²) < 4.78 is 0.835. The number of thiophene rings is 1. The van der Waals surface area contributed by atoms with E-state index in [1.165, 1.54) is 54.4 Å². The third-order valence-corrected chi connectivity index (χ3v) is 7.01. The lowest BCUT2D eigenvalue weighted by Gasteiger charge is -2.26. The maximum Gasteiger partial charge on any atom is 0.223 e. The van der Waals surface area contributed by atoms with Crippen LogP contribution in [0.15, 0.2) is 0 Å². The molecule has 1 saturated carbocycles. The zero-order valence-electron chi connectivity index (χ0n) is 11.9. The number of hydrogen-bond donors (Lipinski definition) is 2. The van der Waals surface area contributed by atoms with Gasteiger partial charge in [-0.15, -0.1) is 11.3 Å². The van der Waals surface area contributed by atoms with Crippen molar-refractivity contribution >= 4 is 55.9 Å². The van der Waals surface area contributed by atoms with E-state index in [2.05, 4.69) is 37.9 Å². The summed E-state index contributed by atoms with van der Waals surface area (Å²) in [6.07, 6.45) is 8.67. The number of aryl methyl sites for hydroxylation is 2. The summed E-state index contributed by atoms with van der Waals surface area (Å²) >= 11 is 4.37. The lowest BCUT2D eigenvalue weighted by atomic mass is 9.95. The molecule has 0 aliphatic heterocycles. The summed E-state index contributed by atoms with van der Waals surface area (Å²) in [7, 11) is 0. The molecule has 2 heterocycles. The molecule has 0 amide bonds.